The molecule has 0 aliphatic heterocycles. The van der Waals surface area contributed by atoms with Gasteiger partial charge in [0.2, 0.25) is 18.2 Å². The average molecular weight is 459 g/mol. The summed E-state index contributed by atoms with van der Waals surface area (Å²) in [6, 6.07) is -0.409. The fraction of sp³-hybridized carbons (Fsp3) is 0.826. The number of rotatable bonds is 11. The fourth-order valence-electron chi connectivity index (χ4n) is 3.31. The molecule has 32 heavy (non-hydrogen) atoms. The Kier molecular flexibility index (Phi) is 21.8. The van der Waals surface area contributed by atoms with E-state index in [1.54, 1.807) is 0 Å². The first-order valence-corrected chi connectivity index (χ1v) is 11.9. The van der Waals surface area contributed by atoms with Crippen LogP contribution in [0.2, 0.25) is 0 Å². The zero-order chi connectivity index (χ0) is 24.8. The maximum absolute atomic E-state index is 11.2. The number of alkyl carbamates (subject to hydrolysis) is 1. The second kappa shape index (κ2) is 21.9. The standard InChI is InChI=1S/C12H23NO2.C8H15N3O3.C3H8/c1-3-15-12(14)13-10(2)9-11-7-5-4-6-8-11;1-2-3-6(8(9)14)11-7(13)4-10-5-12;1-3-2/h10-11H,3-9H2,1-2H3,(H,13,14);5-6H,2-4H2,1H3,(H2,9,14)(H,10,12)(H,11,13);3H2,1-2H3/t10-;6-;/m10./s1. The van der Waals surface area contributed by atoms with E-state index in [0.29, 0.717) is 19.4 Å². The predicted octanol–water partition coefficient (Wildman–Crippen LogP) is 3.01. The van der Waals surface area contributed by atoms with Crippen LogP contribution in [-0.2, 0) is 19.1 Å². The highest BCUT2D eigenvalue weighted by Crippen LogP contribution is 2.27. The molecule has 1 aliphatic carbocycles. The molecule has 1 saturated carbocycles. The van der Waals surface area contributed by atoms with Crippen molar-refractivity contribution in [3.63, 3.8) is 0 Å². The second-order valence-corrected chi connectivity index (χ2v) is 8.02. The third-order valence-corrected chi connectivity index (χ3v) is 4.65. The molecular weight excluding hydrogens is 412 g/mol. The molecule has 0 spiro atoms. The largest absolute Gasteiger partial charge is 0.450 e. The maximum atomic E-state index is 11.2. The number of ether oxygens (including phenoxy) is 1. The highest BCUT2D eigenvalue weighted by atomic mass is 16.5. The van der Waals surface area contributed by atoms with Gasteiger partial charge in [0.25, 0.3) is 0 Å². The van der Waals surface area contributed by atoms with Crippen LogP contribution < -0.4 is 21.7 Å². The molecule has 0 radical (unpaired) electrons. The van der Waals surface area contributed by atoms with E-state index in [1.807, 2.05) is 13.8 Å². The number of primary amides is 1. The normalized spacial score (nSPS) is 14.8. The first kappa shape index (κ1) is 31.9. The molecule has 1 aliphatic rings. The Morgan fingerprint density at radius 1 is 1.06 bits per heavy atom. The highest BCUT2D eigenvalue weighted by molar-refractivity contribution is 5.87. The first-order chi connectivity index (χ1) is 15.2. The van der Waals surface area contributed by atoms with Crippen molar-refractivity contribution in [3.8, 4) is 0 Å². The Morgan fingerprint density at radius 2 is 1.66 bits per heavy atom. The summed E-state index contributed by atoms with van der Waals surface area (Å²) in [6.07, 6.45) is 10.5. The zero-order valence-corrected chi connectivity index (χ0v) is 20.7. The first-order valence-electron chi connectivity index (χ1n) is 11.9. The van der Waals surface area contributed by atoms with Gasteiger partial charge in [-0.15, -0.1) is 0 Å². The van der Waals surface area contributed by atoms with Gasteiger partial charge in [0.15, 0.2) is 0 Å². The Balaban J connectivity index is 0. The lowest BCUT2D eigenvalue weighted by molar-refractivity contribution is -0.127. The fourth-order valence-corrected chi connectivity index (χ4v) is 3.31. The molecule has 4 amide bonds. The van der Waals surface area contributed by atoms with Crippen LogP contribution in [0.1, 0.15) is 92.4 Å². The number of carbonyl (C=O) groups is 4. The van der Waals surface area contributed by atoms with Crippen LogP contribution in [0.15, 0.2) is 0 Å². The molecule has 0 aromatic heterocycles. The van der Waals surface area contributed by atoms with E-state index >= 15 is 0 Å². The van der Waals surface area contributed by atoms with Gasteiger partial charge in [0.1, 0.15) is 6.04 Å². The van der Waals surface area contributed by atoms with Crippen molar-refractivity contribution in [3.05, 3.63) is 0 Å². The van der Waals surface area contributed by atoms with Gasteiger partial charge >= 0.3 is 6.09 Å². The van der Waals surface area contributed by atoms with Gasteiger partial charge in [-0.3, -0.25) is 14.4 Å². The molecule has 0 aromatic carbocycles. The van der Waals surface area contributed by atoms with E-state index in [-0.39, 0.29) is 18.7 Å². The van der Waals surface area contributed by atoms with Crippen molar-refractivity contribution in [1.29, 1.82) is 0 Å². The van der Waals surface area contributed by atoms with Gasteiger partial charge in [-0.1, -0.05) is 65.7 Å². The summed E-state index contributed by atoms with van der Waals surface area (Å²) < 4.78 is 4.85. The minimum absolute atomic E-state index is 0.142. The van der Waals surface area contributed by atoms with Crippen LogP contribution in [0.4, 0.5) is 4.79 Å². The summed E-state index contributed by atoms with van der Waals surface area (Å²) in [5.74, 6) is -0.184. The van der Waals surface area contributed by atoms with Crippen LogP contribution in [-0.4, -0.2) is 49.6 Å². The molecule has 9 nitrogen and oxygen atoms in total. The van der Waals surface area contributed by atoms with E-state index in [9.17, 15) is 19.2 Å². The zero-order valence-electron chi connectivity index (χ0n) is 20.7. The second-order valence-electron chi connectivity index (χ2n) is 8.02. The van der Waals surface area contributed by atoms with Gasteiger partial charge in [-0.2, -0.15) is 0 Å². The van der Waals surface area contributed by atoms with Gasteiger partial charge in [-0.05, 0) is 32.6 Å². The molecule has 5 N–H and O–H groups in total. The molecule has 1 rings (SSSR count). The van der Waals surface area contributed by atoms with E-state index in [4.69, 9.17) is 10.5 Å². The topological polar surface area (TPSA) is 140 Å². The molecule has 0 saturated heterocycles. The van der Waals surface area contributed by atoms with E-state index in [2.05, 4.69) is 36.7 Å². The molecule has 0 heterocycles. The molecule has 0 unspecified atom stereocenters. The minimum atomic E-state index is -0.652. The Labute approximate surface area is 194 Å². The van der Waals surface area contributed by atoms with E-state index < -0.39 is 17.9 Å². The lowest BCUT2D eigenvalue weighted by Gasteiger charge is -2.24. The monoisotopic (exact) mass is 458 g/mol. The number of nitrogens with two attached hydrogens (primary N) is 1. The Morgan fingerprint density at radius 3 is 2.12 bits per heavy atom. The van der Waals surface area contributed by atoms with Gasteiger partial charge in [0, 0.05) is 6.04 Å². The Hall–Kier alpha value is -2.32. The SMILES string of the molecule is CCC.CCC[C@H](NC(=O)CNC=O)C(N)=O.CCOC(=O)N[C@H](C)CC1CCCCC1. The van der Waals surface area contributed by atoms with Crippen LogP contribution in [0.5, 0.6) is 0 Å². The number of amides is 4. The van der Waals surface area contributed by atoms with Crippen molar-refractivity contribution in [2.24, 2.45) is 11.7 Å². The third kappa shape index (κ3) is 19.6. The number of hydrogen-bond donors (Lipinski definition) is 4. The van der Waals surface area contributed by atoms with Crippen LogP contribution in [0.25, 0.3) is 0 Å². The smallest absolute Gasteiger partial charge is 0.407 e. The summed E-state index contributed by atoms with van der Waals surface area (Å²) >= 11 is 0. The minimum Gasteiger partial charge on any atom is -0.450 e. The molecule has 2 atom stereocenters. The molecule has 188 valence electrons. The summed E-state index contributed by atoms with van der Waals surface area (Å²) in [5, 5.41) is 7.47. The summed E-state index contributed by atoms with van der Waals surface area (Å²) in [4.78, 5) is 42.9. The highest BCUT2D eigenvalue weighted by Gasteiger charge is 2.18. The third-order valence-electron chi connectivity index (χ3n) is 4.65. The van der Waals surface area contributed by atoms with Gasteiger partial charge < -0.3 is 26.4 Å². The Bertz CT molecular complexity index is 511. The molecule has 0 aromatic rings. The van der Waals surface area contributed by atoms with Crippen LogP contribution >= 0.6 is 0 Å². The summed E-state index contributed by atoms with van der Waals surface area (Å²) in [5.41, 5.74) is 5.06. The van der Waals surface area contributed by atoms with Crippen molar-refractivity contribution in [2.75, 3.05) is 13.2 Å². The lowest BCUT2D eigenvalue weighted by Crippen LogP contribution is -2.47. The van der Waals surface area contributed by atoms with Gasteiger partial charge in [0.05, 0.1) is 13.2 Å². The van der Waals surface area contributed by atoms with Crippen LogP contribution in [0, 0.1) is 5.92 Å². The van der Waals surface area contributed by atoms with E-state index in [0.717, 1.165) is 18.8 Å². The van der Waals surface area contributed by atoms with Crippen molar-refractivity contribution in [2.45, 2.75) is 104 Å². The number of nitrogens with one attached hydrogen (secondary N) is 3. The van der Waals surface area contributed by atoms with Crippen molar-refractivity contribution >= 4 is 24.3 Å². The average Bonchev–Trinajstić information content (AvgIpc) is 2.73. The molecule has 9 heteroatoms. The number of hydrogen-bond acceptors (Lipinski definition) is 5. The van der Waals surface area contributed by atoms with Crippen molar-refractivity contribution < 1.29 is 23.9 Å². The predicted molar refractivity (Wildman–Crippen MR) is 127 cm³/mol. The van der Waals surface area contributed by atoms with E-state index in [1.165, 1.54) is 38.5 Å². The molecule has 0 bridgehead atoms. The molecular formula is C23H46N4O5. The maximum Gasteiger partial charge on any atom is 0.407 e. The quantitative estimate of drug-likeness (QED) is 0.352. The lowest BCUT2D eigenvalue weighted by atomic mass is 9.85. The molecule has 1 fully saturated rings. The summed E-state index contributed by atoms with van der Waals surface area (Å²) in [7, 11) is 0. The summed E-state index contributed by atoms with van der Waals surface area (Å²) in [6.45, 7) is 10.3. The van der Waals surface area contributed by atoms with Gasteiger partial charge in [-0.25, -0.2) is 4.79 Å². The van der Waals surface area contributed by atoms with Crippen molar-refractivity contribution in [1.82, 2.24) is 16.0 Å². The number of carbonyl (C=O) groups excluding carboxylic acids is 4. The van der Waals surface area contributed by atoms with Crippen LogP contribution in [0.3, 0.4) is 0 Å².